The summed E-state index contributed by atoms with van der Waals surface area (Å²) in [6, 6.07) is 4.86. The summed E-state index contributed by atoms with van der Waals surface area (Å²) in [4.78, 5) is 21.4. The molecule has 1 N–H and O–H groups in total. The zero-order valence-electron chi connectivity index (χ0n) is 10.6. The standard InChI is InChI=1S/C13H18O4/c1-5-13(3,4)17-16-11-8-6-7-10(9(11)2)12(14)15/h6-8H,5H2,1-4H3,(H,14,15). The highest BCUT2D eigenvalue weighted by Gasteiger charge is 2.19. The van der Waals surface area contributed by atoms with Gasteiger partial charge in [0.05, 0.1) is 5.56 Å². The molecule has 1 rings (SSSR count). The lowest BCUT2D eigenvalue weighted by Gasteiger charge is -2.22. The molecule has 0 saturated heterocycles. The van der Waals surface area contributed by atoms with Gasteiger partial charge in [-0.05, 0) is 39.3 Å². The smallest absolute Gasteiger partial charge is 0.336 e. The Morgan fingerprint density at radius 3 is 2.59 bits per heavy atom. The van der Waals surface area contributed by atoms with Crippen LogP contribution in [-0.2, 0) is 4.89 Å². The van der Waals surface area contributed by atoms with Gasteiger partial charge in [0.1, 0.15) is 5.60 Å². The molecule has 1 aromatic carbocycles. The molecular weight excluding hydrogens is 220 g/mol. The average molecular weight is 238 g/mol. The quantitative estimate of drug-likeness (QED) is 0.632. The van der Waals surface area contributed by atoms with E-state index < -0.39 is 11.6 Å². The fourth-order valence-electron chi connectivity index (χ4n) is 1.15. The van der Waals surface area contributed by atoms with Gasteiger partial charge >= 0.3 is 5.97 Å². The molecule has 94 valence electrons. The first-order valence-electron chi connectivity index (χ1n) is 5.56. The molecule has 0 amide bonds. The topological polar surface area (TPSA) is 55.8 Å². The van der Waals surface area contributed by atoms with Gasteiger partial charge in [0, 0.05) is 5.56 Å². The van der Waals surface area contributed by atoms with Crippen molar-refractivity contribution in [1.82, 2.24) is 0 Å². The van der Waals surface area contributed by atoms with Crippen molar-refractivity contribution in [1.29, 1.82) is 0 Å². The van der Waals surface area contributed by atoms with Crippen LogP contribution >= 0.6 is 0 Å². The molecule has 0 aliphatic rings. The van der Waals surface area contributed by atoms with Crippen LogP contribution in [0.1, 0.15) is 43.1 Å². The third kappa shape index (κ3) is 3.46. The van der Waals surface area contributed by atoms with Crippen LogP contribution in [0.2, 0.25) is 0 Å². The van der Waals surface area contributed by atoms with Crippen LogP contribution in [0.3, 0.4) is 0 Å². The van der Waals surface area contributed by atoms with Gasteiger partial charge in [-0.1, -0.05) is 13.0 Å². The molecule has 0 bridgehead atoms. The van der Waals surface area contributed by atoms with Crippen LogP contribution in [0.4, 0.5) is 0 Å². The number of carboxylic acids is 1. The predicted molar refractivity (Wildman–Crippen MR) is 64.2 cm³/mol. The maximum Gasteiger partial charge on any atom is 0.336 e. The second kappa shape index (κ2) is 5.19. The number of rotatable bonds is 5. The van der Waals surface area contributed by atoms with E-state index in [1.807, 2.05) is 20.8 Å². The summed E-state index contributed by atoms with van der Waals surface area (Å²) in [7, 11) is 0. The Bertz CT molecular complexity index is 410. The van der Waals surface area contributed by atoms with Crippen LogP contribution in [0.25, 0.3) is 0 Å². The second-order valence-electron chi connectivity index (χ2n) is 4.51. The zero-order valence-corrected chi connectivity index (χ0v) is 10.6. The summed E-state index contributed by atoms with van der Waals surface area (Å²) in [6.45, 7) is 7.50. The molecular formula is C13H18O4. The molecule has 0 atom stereocenters. The summed E-state index contributed by atoms with van der Waals surface area (Å²) < 4.78 is 0. The van der Waals surface area contributed by atoms with Crippen molar-refractivity contribution >= 4 is 5.97 Å². The van der Waals surface area contributed by atoms with Crippen LogP contribution in [0.15, 0.2) is 18.2 Å². The normalized spacial score (nSPS) is 11.3. The predicted octanol–water partition coefficient (Wildman–Crippen LogP) is 3.19. The van der Waals surface area contributed by atoms with Crippen molar-refractivity contribution in [3.63, 3.8) is 0 Å². The number of carboxylic acid groups (broad SMARTS) is 1. The molecule has 0 fully saturated rings. The van der Waals surface area contributed by atoms with Gasteiger partial charge < -0.3 is 9.99 Å². The third-order valence-electron chi connectivity index (χ3n) is 2.72. The van der Waals surface area contributed by atoms with Crippen molar-refractivity contribution in [2.24, 2.45) is 0 Å². The first kappa shape index (κ1) is 13.5. The number of hydrogen-bond acceptors (Lipinski definition) is 3. The van der Waals surface area contributed by atoms with Gasteiger partial charge in [0.2, 0.25) is 0 Å². The number of benzene rings is 1. The number of aromatic carboxylic acids is 1. The van der Waals surface area contributed by atoms with Gasteiger partial charge in [-0.2, -0.15) is 4.89 Å². The van der Waals surface area contributed by atoms with E-state index >= 15 is 0 Å². The highest BCUT2D eigenvalue weighted by atomic mass is 17.2. The Morgan fingerprint density at radius 1 is 1.41 bits per heavy atom. The summed E-state index contributed by atoms with van der Waals surface area (Å²) >= 11 is 0. The fourth-order valence-corrected chi connectivity index (χ4v) is 1.15. The van der Waals surface area contributed by atoms with E-state index in [-0.39, 0.29) is 5.56 Å². The lowest BCUT2D eigenvalue weighted by Crippen LogP contribution is -2.25. The molecule has 0 unspecified atom stereocenters. The Hall–Kier alpha value is -1.55. The van der Waals surface area contributed by atoms with Crippen molar-refractivity contribution in [2.75, 3.05) is 0 Å². The maximum absolute atomic E-state index is 10.9. The third-order valence-corrected chi connectivity index (χ3v) is 2.72. The van der Waals surface area contributed by atoms with Crippen molar-refractivity contribution in [3.05, 3.63) is 29.3 Å². The minimum atomic E-state index is -0.970. The molecule has 0 aromatic heterocycles. The molecule has 0 spiro atoms. The van der Waals surface area contributed by atoms with E-state index in [0.717, 1.165) is 6.42 Å². The van der Waals surface area contributed by atoms with E-state index in [4.69, 9.17) is 14.9 Å². The Labute approximate surface area is 101 Å². The summed E-state index contributed by atoms with van der Waals surface area (Å²) in [5, 5.41) is 8.97. The zero-order chi connectivity index (χ0) is 13.1. The minimum Gasteiger partial charge on any atom is -0.478 e. The minimum absolute atomic E-state index is 0.223. The van der Waals surface area contributed by atoms with Crippen LogP contribution in [-0.4, -0.2) is 16.7 Å². The van der Waals surface area contributed by atoms with Gasteiger partial charge in [0.25, 0.3) is 0 Å². The van der Waals surface area contributed by atoms with Crippen molar-refractivity contribution < 1.29 is 19.7 Å². The van der Waals surface area contributed by atoms with Crippen LogP contribution in [0.5, 0.6) is 5.75 Å². The molecule has 4 nitrogen and oxygen atoms in total. The molecule has 0 saturated carbocycles. The number of hydrogen-bond donors (Lipinski definition) is 1. The lowest BCUT2D eigenvalue weighted by molar-refractivity contribution is -0.281. The first-order valence-corrected chi connectivity index (χ1v) is 5.56. The molecule has 0 heterocycles. The second-order valence-corrected chi connectivity index (χ2v) is 4.51. The Morgan fingerprint density at radius 2 is 2.06 bits per heavy atom. The van der Waals surface area contributed by atoms with Gasteiger partial charge in [-0.25, -0.2) is 4.79 Å². The SMILES string of the molecule is CCC(C)(C)OOc1cccc(C(=O)O)c1C. The van der Waals surface area contributed by atoms with E-state index in [2.05, 4.69) is 0 Å². The Kier molecular flexibility index (Phi) is 4.12. The summed E-state index contributed by atoms with van der Waals surface area (Å²) in [5.41, 5.74) is 0.387. The van der Waals surface area contributed by atoms with Gasteiger partial charge in [0.15, 0.2) is 5.75 Å². The monoisotopic (exact) mass is 238 g/mol. The van der Waals surface area contributed by atoms with E-state index in [1.54, 1.807) is 19.1 Å². The van der Waals surface area contributed by atoms with E-state index in [9.17, 15) is 4.79 Å². The number of carbonyl (C=O) groups is 1. The summed E-state index contributed by atoms with van der Waals surface area (Å²) in [6.07, 6.45) is 0.796. The van der Waals surface area contributed by atoms with E-state index in [1.165, 1.54) is 6.07 Å². The van der Waals surface area contributed by atoms with Crippen LogP contribution in [0, 0.1) is 6.92 Å². The lowest BCUT2D eigenvalue weighted by atomic mass is 10.1. The van der Waals surface area contributed by atoms with Crippen LogP contribution < -0.4 is 4.89 Å². The molecule has 0 radical (unpaired) electrons. The van der Waals surface area contributed by atoms with E-state index in [0.29, 0.717) is 11.3 Å². The molecule has 0 aliphatic heterocycles. The molecule has 4 heteroatoms. The summed E-state index contributed by atoms with van der Waals surface area (Å²) in [5.74, 6) is -0.533. The maximum atomic E-state index is 10.9. The Balaban J connectivity index is 2.86. The van der Waals surface area contributed by atoms with Gasteiger partial charge in [-0.3, -0.25) is 0 Å². The van der Waals surface area contributed by atoms with Crippen molar-refractivity contribution in [3.8, 4) is 5.75 Å². The molecule has 17 heavy (non-hydrogen) atoms. The largest absolute Gasteiger partial charge is 0.478 e. The van der Waals surface area contributed by atoms with Gasteiger partial charge in [-0.15, -0.1) is 0 Å². The highest BCUT2D eigenvalue weighted by Crippen LogP contribution is 2.24. The first-order chi connectivity index (χ1) is 7.87. The molecule has 1 aromatic rings. The molecule has 0 aliphatic carbocycles. The average Bonchev–Trinajstić information content (AvgIpc) is 2.27. The van der Waals surface area contributed by atoms with Crippen molar-refractivity contribution in [2.45, 2.75) is 39.7 Å². The highest BCUT2D eigenvalue weighted by molar-refractivity contribution is 5.90. The fraction of sp³-hybridized carbons (Fsp3) is 0.462.